The lowest BCUT2D eigenvalue weighted by molar-refractivity contribution is -0.137. The van der Waals surface area contributed by atoms with Crippen molar-refractivity contribution >= 4 is 5.69 Å². The summed E-state index contributed by atoms with van der Waals surface area (Å²) >= 11 is 0. The van der Waals surface area contributed by atoms with E-state index in [0.29, 0.717) is 18.4 Å². The van der Waals surface area contributed by atoms with E-state index in [1.807, 2.05) is 18.2 Å². The fourth-order valence-corrected chi connectivity index (χ4v) is 3.68. The minimum Gasteiger partial charge on any atom is -0.398 e. The van der Waals surface area contributed by atoms with Gasteiger partial charge in [0.05, 0.1) is 5.56 Å². The molecular weight excluding hydrogens is 335 g/mol. The molecule has 0 saturated heterocycles. The van der Waals surface area contributed by atoms with Crippen LogP contribution in [0.1, 0.15) is 27.8 Å². The Labute approximate surface area is 150 Å². The van der Waals surface area contributed by atoms with Crippen molar-refractivity contribution in [3.8, 4) is 11.1 Å². The summed E-state index contributed by atoms with van der Waals surface area (Å²) in [4.78, 5) is 0. The highest BCUT2D eigenvalue weighted by Crippen LogP contribution is 2.40. The molecule has 1 aliphatic rings. The summed E-state index contributed by atoms with van der Waals surface area (Å²) in [6.07, 6.45) is -2.35. The quantitative estimate of drug-likeness (QED) is 0.474. The summed E-state index contributed by atoms with van der Waals surface area (Å²) in [5, 5.41) is 0. The number of nitrogens with two attached hydrogens (primary N) is 1. The summed E-state index contributed by atoms with van der Waals surface area (Å²) in [6.45, 7) is 0. The molecule has 4 rings (SSSR count). The minimum atomic E-state index is -4.31. The van der Waals surface area contributed by atoms with Gasteiger partial charge in [0.1, 0.15) is 0 Å². The maximum absolute atomic E-state index is 12.9. The van der Waals surface area contributed by atoms with Crippen LogP contribution in [0.15, 0.2) is 60.7 Å². The second-order valence-corrected chi connectivity index (χ2v) is 6.70. The Kier molecular flexibility index (Phi) is 3.98. The summed E-state index contributed by atoms with van der Waals surface area (Å²) in [5.74, 6) is 0. The van der Waals surface area contributed by atoms with Gasteiger partial charge in [0, 0.05) is 12.1 Å². The van der Waals surface area contributed by atoms with Gasteiger partial charge in [-0.3, -0.25) is 0 Å². The van der Waals surface area contributed by atoms with Crippen LogP contribution in [0.5, 0.6) is 0 Å². The zero-order valence-corrected chi connectivity index (χ0v) is 14.1. The Morgan fingerprint density at radius 3 is 2.46 bits per heavy atom. The van der Waals surface area contributed by atoms with Crippen LogP contribution in [-0.4, -0.2) is 0 Å². The predicted octanol–water partition coefficient (Wildman–Crippen LogP) is 5.64. The Morgan fingerprint density at radius 1 is 0.846 bits per heavy atom. The number of rotatable bonds is 3. The minimum absolute atomic E-state index is 0.528. The van der Waals surface area contributed by atoms with Crippen LogP contribution in [0.3, 0.4) is 0 Å². The first-order valence-electron chi connectivity index (χ1n) is 8.58. The number of alkyl halides is 3. The maximum Gasteiger partial charge on any atom is 0.416 e. The van der Waals surface area contributed by atoms with E-state index in [1.165, 1.54) is 28.8 Å². The third-order valence-electron chi connectivity index (χ3n) is 5.06. The number of hydrogen-bond donors (Lipinski definition) is 1. The first-order valence-corrected chi connectivity index (χ1v) is 8.58. The van der Waals surface area contributed by atoms with Crippen LogP contribution in [0.4, 0.5) is 18.9 Å². The molecule has 26 heavy (non-hydrogen) atoms. The van der Waals surface area contributed by atoms with Crippen LogP contribution in [0.25, 0.3) is 11.1 Å². The van der Waals surface area contributed by atoms with Gasteiger partial charge in [-0.2, -0.15) is 13.2 Å². The normalized spacial score (nSPS) is 12.7. The lowest BCUT2D eigenvalue weighted by Gasteiger charge is -2.12. The Morgan fingerprint density at radius 2 is 1.65 bits per heavy atom. The molecule has 0 heterocycles. The van der Waals surface area contributed by atoms with E-state index in [4.69, 9.17) is 5.73 Å². The summed E-state index contributed by atoms with van der Waals surface area (Å²) in [7, 11) is 0. The van der Waals surface area contributed by atoms with E-state index in [0.717, 1.165) is 29.3 Å². The van der Waals surface area contributed by atoms with Crippen molar-refractivity contribution < 1.29 is 13.2 Å². The average Bonchev–Trinajstić information content (AvgIpc) is 3.00. The molecule has 4 heteroatoms. The molecule has 2 N–H and O–H groups in total. The number of fused-ring (bicyclic) bond motifs is 3. The van der Waals surface area contributed by atoms with Crippen LogP contribution >= 0.6 is 0 Å². The van der Waals surface area contributed by atoms with Crippen molar-refractivity contribution in [1.82, 2.24) is 0 Å². The summed E-state index contributed by atoms with van der Waals surface area (Å²) < 4.78 is 38.6. The largest absolute Gasteiger partial charge is 0.416 e. The summed E-state index contributed by atoms with van der Waals surface area (Å²) in [6, 6.07) is 17.9. The zero-order chi connectivity index (χ0) is 18.3. The van der Waals surface area contributed by atoms with E-state index >= 15 is 0 Å². The molecule has 0 fully saturated rings. The van der Waals surface area contributed by atoms with Gasteiger partial charge in [-0.15, -0.1) is 0 Å². The Bertz CT molecular complexity index is 973. The fourth-order valence-electron chi connectivity index (χ4n) is 3.68. The number of hydrogen-bond acceptors (Lipinski definition) is 1. The van der Waals surface area contributed by atoms with Crippen molar-refractivity contribution in [2.45, 2.75) is 25.4 Å². The van der Waals surface area contributed by atoms with Crippen LogP contribution in [0.2, 0.25) is 0 Å². The van der Waals surface area contributed by atoms with E-state index < -0.39 is 11.7 Å². The molecule has 0 saturated carbocycles. The standard InChI is InChI=1S/C22H18F3N/c23-22(24,25)17-6-3-4-14(12-17)8-9-15-10-11-19-18-7-2-1-5-16(18)13-20(19)21(15)26/h1-7,10-12H,8-9,13,26H2. The molecule has 0 radical (unpaired) electrons. The third kappa shape index (κ3) is 2.96. The molecule has 0 bridgehead atoms. The third-order valence-corrected chi connectivity index (χ3v) is 5.06. The van der Waals surface area contributed by atoms with Crippen molar-refractivity contribution in [3.05, 3.63) is 88.5 Å². The van der Waals surface area contributed by atoms with Crippen molar-refractivity contribution in [2.75, 3.05) is 5.73 Å². The maximum atomic E-state index is 12.9. The second kappa shape index (κ2) is 6.20. The van der Waals surface area contributed by atoms with Gasteiger partial charge in [-0.05, 0) is 52.3 Å². The van der Waals surface area contributed by atoms with Crippen LogP contribution in [0, 0.1) is 0 Å². The Hall–Kier alpha value is -2.75. The van der Waals surface area contributed by atoms with Gasteiger partial charge in [-0.25, -0.2) is 0 Å². The molecule has 0 aromatic heterocycles. The van der Waals surface area contributed by atoms with Crippen molar-refractivity contribution in [3.63, 3.8) is 0 Å². The van der Waals surface area contributed by atoms with Gasteiger partial charge < -0.3 is 5.73 Å². The molecule has 0 aliphatic heterocycles. The number of halogens is 3. The highest BCUT2D eigenvalue weighted by Gasteiger charge is 2.30. The highest BCUT2D eigenvalue weighted by molar-refractivity contribution is 5.82. The van der Waals surface area contributed by atoms with Gasteiger partial charge in [0.2, 0.25) is 0 Å². The lowest BCUT2D eigenvalue weighted by atomic mass is 9.96. The molecule has 0 spiro atoms. The van der Waals surface area contributed by atoms with E-state index in [2.05, 4.69) is 18.2 Å². The Balaban J connectivity index is 1.57. The monoisotopic (exact) mass is 353 g/mol. The van der Waals surface area contributed by atoms with E-state index in [-0.39, 0.29) is 0 Å². The highest BCUT2D eigenvalue weighted by atomic mass is 19.4. The van der Waals surface area contributed by atoms with Gasteiger partial charge in [0.25, 0.3) is 0 Å². The molecular formula is C22H18F3N. The number of anilines is 1. The molecule has 0 atom stereocenters. The number of benzene rings is 3. The molecule has 3 aromatic carbocycles. The first kappa shape index (κ1) is 16.7. The van der Waals surface area contributed by atoms with Crippen molar-refractivity contribution in [2.24, 2.45) is 0 Å². The van der Waals surface area contributed by atoms with Crippen LogP contribution < -0.4 is 5.73 Å². The number of nitrogen functional groups attached to an aromatic ring is 1. The molecule has 1 aliphatic carbocycles. The van der Waals surface area contributed by atoms with Crippen LogP contribution in [-0.2, 0) is 25.4 Å². The van der Waals surface area contributed by atoms with Gasteiger partial charge in [0.15, 0.2) is 0 Å². The van der Waals surface area contributed by atoms with Crippen molar-refractivity contribution in [1.29, 1.82) is 0 Å². The zero-order valence-electron chi connectivity index (χ0n) is 14.1. The molecule has 3 aromatic rings. The van der Waals surface area contributed by atoms with E-state index in [9.17, 15) is 13.2 Å². The first-order chi connectivity index (χ1) is 12.4. The smallest absolute Gasteiger partial charge is 0.398 e. The summed E-state index contributed by atoms with van der Waals surface area (Å²) in [5.41, 5.74) is 13.0. The van der Waals surface area contributed by atoms with Gasteiger partial charge >= 0.3 is 6.18 Å². The lowest BCUT2D eigenvalue weighted by Crippen LogP contribution is -2.06. The van der Waals surface area contributed by atoms with E-state index in [1.54, 1.807) is 6.07 Å². The van der Waals surface area contributed by atoms with Gasteiger partial charge in [-0.1, -0.05) is 54.6 Å². The second-order valence-electron chi connectivity index (χ2n) is 6.70. The number of aryl methyl sites for hydroxylation is 2. The fraction of sp³-hybridized carbons (Fsp3) is 0.182. The molecule has 0 unspecified atom stereocenters. The topological polar surface area (TPSA) is 26.0 Å². The predicted molar refractivity (Wildman–Crippen MR) is 97.9 cm³/mol. The average molecular weight is 353 g/mol. The molecule has 0 amide bonds. The SMILES string of the molecule is Nc1c(CCc2cccc(C(F)(F)F)c2)ccc2c1Cc1ccccc1-2. The molecule has 1 nitrogen and oxygen atoms in total. The molecule has 132 valence electrons.